The maximum absolute atomic E-state index is 11.9. The Morgan fingerprint density at radius 2 is 2.25 bits per heavy atom. The van der Waals surface area contributed by atoms with Crippen LogP contribution in [-0.4, -0.2) is 30.0 Å². The van der Waals surface area contributed by atoms with Crippen molar-refractivity contribution in [3.8, 4) is 0 Å². The van der Waals surface area contributed by atoms with Gasteiger partial charge in [0.2, 0.25) is 5.91 Å². The van der Waals surface area contributed by atoms with Crippen molar-refractivity contribution < 1.29 is 9.21 Å². The Morgan fingerprint density at radius 3 is 3.00 bits per heavy atom. The molecule has 1 fully saturated rings. The van der Waals surface area contributed by atoms with E-state index in [9.17, 15) is 9.59 Å². The van der Waals surface area contributed by atoms with Gasteiger partial charge in [-0.05, 0) is 12.5 Å². The number of aromatic nitrogens is 1. The number of rotatable bonds is 2. The van der Waals surface area contributed by atoms with Gasteiger partial charge in [-0.2, -0.15) is 0 Å². The quantitative estimate of drug-likeness (QED) is 0.689. The maximum atomic E-state index is 11.9. The molecule has 0 saturated carbocycles. The van der Waals surface area contributed by atoms with E-state index in [0.717, 1.165) is 5.69 Å². The third-order valence-corrected chi connectivity index (χ3v) is 3.60. The average Bonchev–Trinajstić information content (AvgIpc) is 2.76. The highest BCUT2D eigenvalue weighted by molar-refractivity contribution is 5.91. The fourth-order valence-corrected chi connectivity index (χ4v) is 2.66. The van der Waals surface area contributed by atoms with E-state index in [2.05, 4.69) is 10.3 Å². The lowest BCUT2D eigenvalue weighted by molar-refractivity contribution is -0.123. The normalized spacial score (nSPS) is 19.4. The van der Waals surface area contributed by atoms with Gasteiger partial charge in [0.05, 0.1) is 16.9 Å². The number of anilines is 2. The molecule has 20 heavy (non-hydrogen) atoms. The Labute approximate surface area is 114 Å². The molecule has 1 atom stereocenters. The number of hydrogen-bond donors (Lipinski definition) is 3. The molecule has 0 radical (unpaired) electrons. The van der Waals surface area contributed by atoms with Crippen LogP contribution in [0.1, 0.15) is 13.3 Å². The number of aromatic amines is 1. The van der Waals surface area contributed by atoms with Crippen LogP contribution in [0.15, 0.2) is 21.3 Å². The summed E-state index contributed by atoms with van der Waals surface area (Å²) in [4.78, 5) is 27.7. The summed E-state index contributed by atoms with van der Waals surface area (Å²) in [5.41, 5.74) is 8.29. The summed E-state index contributed by atoms with van der Waals surface area (Å²) in [6.07, 6.45) is 0.686. The maximum Gasteiger partial charge on any atom is 0.417 e. The van der Waals surface area contributed by atoms with E-state index in [1.54, 1.807) is 12.1 Å². The number of H-pyrrole nitrogens is 1. The van der Waals surface area contributed by atoms with Crippen LogP contribution in [0.4, 0.5) is 11.4 Å². The molecule has 1 aliphatic heterocycles. The van der Waals surface area contributed by atoms with Crippen LogP contribution < -0.4 is 21.7 Å². The molecule has 2 heterocycles. The molecule has 1 unspecified atom stereocenters. The first-order chi connectivity index (χ1) is 9.60. The molecule has 4 N–H and O–H groups in total. The molecule has 0 bridgehead atoms. The molecule has 1 aliphatic rings. The Morgan fingerprint density at radius 1 is 1.45 bits per heavy atom. The number of fused-ring (bicyclic) bond motifs is 1. The number of benzene rings is 1. The number of piperazine rings is 1. The molecule has 7 heteroatoms. The van der Waals surface area contributed by atoms with Gasteiger partial charge in [-0.25, -0.2) is 4.79 Å². The summed E-state index contributed by atoms with van der Waals surface area (Å²) in [6, 6.07) is 3.13. The predicted molar refractivity (Wildman–Crippen MR) is 75.7 cm³/mol. The lowest BCUT2D eigenvalue weighted by atomic mass is 10.1. The highest BCUT2D eigenvalue weighted by Gasteiger charge is 2.29. The Balaban J connectivity index is 2.09. The van der Waals surface area contributed by atoms with Gasteiger partial charge in [0, 0.05) is 19.2 Å². The van der Waals surface area contributed by atoms with Crippen molar-refractivity contribution >= 4 is 28.4 Å². The van der Waals surface area contributed by atoms with Crippen molar-refractivity contribution in [2.45, 2.75) is 19.4 Å². The Kier molecular flexibility index (Phi) is 2.89. The topological polar surface area (TPSA) is 104 Å². The van der Waals surface area contributed by atoms with Gasteiger partial charge >= 0.3 is 5.76 Å². The summed E-state index contributed by atoms with van der Waals surface area (Å²) < 4.78 is 4.98. The molecule has 1 aromatic heterocycles. The molecule has 1 amide bonds. The molecule has 106 valence electrons. The fraction of sp³-hybridized carbons (Fsp3) is 0.385. The first-order valence-electron chi connectivity index (χ1n) is 6.57. The van der Waals surface area contributed by atoms with E-state index in [1.807, 2.05) is 11.8 Å². The smallest absolute Gasteiger partial charge is 0.408 e. The summed E-state index contributed by atoms with van der Waals surface area (Å²) in [6.45, 7) is 3.22. The summed E-state index contributed by atoms with van der Waals surface area (Å²) in [7, 11) is 0. The van der Waals surface area contributed by atoms with Crippen LogP contribution in [0.5, 0.6) is 0 Å². The highest BCUT2D eigenvalue weighted by Crippen LogP contribution is 2.30. The van der Waals surface area contributed by atoms with Crippen LogP contribution in [-0.2, 0) is 4.79 Å². The number of nitrogens with zero attached hydrogens (tertiary/aromatic N) is 1. The molecule has 1 aromatic carbocycles. The van der Waals surface area contributed by atoms with Gasteiger partial charge in [-0.3, -0.25) is 9.78 Å². The number of nitrogens with one attached hydrogen (secondary N) is 2. The second-order valence-corrected chi connectivity index (χ2v) is 4.83. The SMILES string of the molecule is CCC1C(=O)NCCN1c1cc2[nH]c(=O)oc2cc1N. The monoisotopic (exact) mass is 276 g/mol. The van der Waals surface area contributed by atoms with Gasteiger partial charge < -0.3 is 20.4 Å². The van der Waals surface area contributed by atoms with Gasteiger partial charge in [0.15, 0.2) is 5.58 Å². The number of nitrogen functional groups attached to an aromatic ring is 1. The minimum Gasteiger partial charge on any atom is -0.408 e. The Bertz CT molecular complexity index is 718. The zero-order valence-corrected chi connectivity index (χ0v) is 11.1. The lowest BCUT2D eigenvalue weighted by Gasteiger charge is -2.36. The van der Waals surface area contributed by atoms with Gasteiger partial charge in [0.1, 0.15) is 6.04 Å². The van der Waals surface area contributed by atoms with Crippen LogP contribution >= 0.6 is 0 Å². The molecule has 0 aliphatic carbocycles. The number of carbonyl (C=O) groups is 1. The van der Waals surface area contributed by atoms with E-state index in [0.29, 0.717) is 36.3 Å². The Hall–Kier alpha value is -2.44. The highest BCUT2D eigenvalue weighted by atomic mass is 16.4. The van der Waals surface area contributed by atoms with Crippen LogP contribution in [0.25, 0.3) is 11.1 Å². The standard InChI is InChI=1S/C13H16N4O3/c1-2-9-12(18)15-3-4-17(9)10-6-8-11(5-7(10)14)20-13(19)16-8/h5-6,9H,2-4,14H2,1H3,(H,15,18)(H,16,19). The van der Waals surface area contributed by atoms with Crippen molar-refractivity contribution in [2.24, 2.45) is 0 Å². The molecule has 3 rings (SSSR count). The van der Waals surface area contributed by atoms with Gasteiger partial charge in [0.25, 0.3) is 0 Å². The zero-order chi connectivity index (χ0) is 14.3. The number of amides is 1. The second-order valence-electron chi connectivity index (χ2n) is 4.83. The third-order valence-electron chi connectivity index (χ3n) is 3.60. The van der Waals surface area contributed by atoms with E-state index in [-0.39, 0.29) is 11.9 Å². The molecular formula is C13H16N4O3. The van der Waals surface area contributed by atoms with Crippen molar-refractivity contribution in [3.05, 3.63) is 22.7 Å². The van der Waals surface area contributed by atoms with Crippen molar-refractivity contribution in [1.29, 1.82) is 0 Å². The number of nitrogens with two attached hydrogens (primary N) is 1. The lowest BCUT2D eigenvalue weighted by Crippen LogP contribution is -2.55. The minimum absolute atomic E-state index is 0.000987. The minimum atomic E-state index is -0.514. The number of carbonyl (C=O) groups excluding carboxylic acids is 1. The fourth-order valence-electron chi connectivity index (χ4n) is 2.66. The van der Waals surface area contributed by atoms with Gasteiger partial charge in [-0.15, -0.1) is 0 Å². The molecule has 2 aromatic rings. The zero-order valence-electron chi connectivity index (χ0n) is 11.1. The summed E-state index contributed by atoms with van der Waals surface area (Å²) in [5.74, 6) is -0.515. The molecule has 1 saturated heterocycles. The molecule has 0 spiro atoms. The van der Waals surface area contributed by atoms with E-state index < -0.39 is 5.76 Å². The number of oxazole rings is 1. The first-order valence-corrected chi connectivity index (χ1v) is 6.57. The first kappa shape index (κ1) is 12.6. The van der Waals surface area contributed by atoms with Crippen LogP contribution in [0.2, 0.25) is 0 Å². The number of hydrogen-bond acceptors (Lipinski definition) is 5. The summed E-state index contributed by atoms with van der Waals surface area (Å²) in [5, 5.41) is 2.85. The third kappa shape index (κ3) is 1.91. The van der Waals surface area contributed by atoms with Gasteiger partial charge in [-0.1, -0.05) is 6.92 Å². The largest absolute Gasteiger partial charge is 0.417 e. The van der Waals surface area contributed by atoms with Crippen molar-refractivity contribution in [3.63, 3.8) is 0 Å². The van der Waals surface area contributed by atoms with Crippen molar-refractivity contribution in [1.82, 2.24) is 10.3 Å². The molecule has 7 nitrogen and oxygen atoms in total. The van der Waals surface area contributed by atoms with Crippen molar-refractivity contribution in [2.75, 3.05) is 23.7 Å². The second kappa shape index (κ2) is 4.59. The van der Waals surface area contributed by atoms with Crippen LogP contribution in [0, 0.1) is 0 Å². The van der Waals surface area contributed by atoms with E-state index >= 15 is 0 Å². The molecular weight excluding hydrogens is 260 g/mol. The summed E-state index contributed by atoms with van der Waals surface area (Å²) >= 11 is 0. The van der Waals surface area contributed by atoms with E-state index in [1.165, 1.54) is 0 Å². The predicted octanol–water partition coefficient (Wildman–Crippen LogP) is 0.418. The van der Waals surface area contributed by atoms with E-state index in [4.69, 9.17) is 10.2 Å². The van der Waals surface area contributed by atoms with Crippen LogP contribution in [0.3, 0.4) is 0 Å². The average molecular weight is 276 g/mol.